The van der Waals surface area contributed by atoms with Gasteiger partial charge >= 0.3 is 0 Å². The van der Waals surface area contributed by atoms with E-state index >= 15 is 0 Å². The third-order valence-corrected chi connectivity index (χ3v) is 1.61. The van der Waals surface area contributed by atoms with Crippen molar-refractivity contribution in [3.8, 4) is 0 Å². The molecule has 0 amide bonds. The van der Waals surface area contributed by atoms with Crippen LogP contribution in [0.4, 0.5) is 0 Å². The Morgan fingerprint density at radius 1 is 0.857 bits per heavy atom. The Kier molecular flexibility index (Phi) is 17.8. The van der Waals surface area contributed by atoms with E-state index in [0.717, 1.165) is 32.1 Å². The highest BCUT2D eigenvalue weighted by Crippen LogP contribution is 1.96. The fourth-order valence-corrected chi connectivity index (χ4v) is 0.835. The molecule has 4 N–H and O–H groups in total. The maximum Gasteiger partial charge on any atom is 0.151 e. The number of aliphatic hydroxyl groups is 4. The summed E-state index contributed by atoms with van der Waals surface area (Å²) in [5, 5.41) is 32.8. The van der Waals surface area contributed by atoms with Gasteiger partial charge in [0.25, 0.3) is 0 Å². The summed E-state index contributed by atoms with van der Waals surface area (Å²) in [5.41, 5.74) is 0. The Hall–Kier alpha value is -0.160. The molecule has 0 aliphatic rings. The topological polar surface area (TPSA) is 80.9 Å². The van der Waals surface area contributed by atoms with Crippen molar-refractivity contribution in [2.45, 2.75) is 51.7 Å². The number of hydrogen-bond donors (Lipinski definition) is 4. The van der Waals surface area contributed by atoms with Crippen LogP contribution in [0.2, 0.25) is 0 Å². The predicted molar refractivity (Wildman–Crippen MR) is 55.8 cm³/mol. The monoisotopic (exact) mass is 208 g/mol. The van der Waals surface area contributed by atoms with Crippen LogP contribution in [0.3, 0.4) is 0 Å². The van der Waals surface area contributed by atoms with E-state index in [0.29, 0.717) is 6.42 Å². The number of aliphatic hydroxyl groups excluding tert-OH is 3. The van der Waals surface area contributed by atoms with Crippen molar-refractivity contribution in [1.29, 1.82) is 0 Å². The van der Waals surface area contributed by atoms with Crippen LogP contribution in [-0.4, -0.2) is 39.9 Å². The van der Waals surface area contributed by atoms with Crippen molar-refractivity contribution >= 4 is 0 Å². The fraction of sp³-hybridized carbons (Fsp3) is 1.00. The van der Waals surface area contributed by atoms with Crippen molar-refractivity contribution in [3.63, 3.8) is 0 Å². The van der Waals surface area contributed by atoms with Gasteiger partial charge in [-0.15, -0.1) is 0 Å². The first-order valence-electron chi connectivity index (χ1n) is 5.26. The van der Waals surface area contributed by atoms with Gasteiger partial charge in [-0.05, 0) is 19.3 Å². The summed E-state index contributed by atoms with van der Waals surface area (Å²) in [6, 6.07) is 0. The van der Waals surface area contributed by atoms with E-state index in [9.17, 15) is 0 Å². The van der Waals surface area contributed by atoms with Gasteiger partial charge in [-0.25, -0.2) is 0 Å². The van der Waals surface area contributed by atoms with Gasteiger partial charge in [-0.2, -0.15) is 0 Å². The first-order chi connectivity index (χ1) is 6.68. The highest BCUT2D eigenvalue weighted by atomic mass is 16.5. The minimum absolute atomic E-state index is 0.283. The molecule has 0 aromatic carbocycles. The second-order valence-electron chi connectivity index (χ2n) is 3.13. The van der Waals surface area contributed by atoms with Crippen molar-refractivity contribution in [2.75, 3.05) is 13.2 Å². The van der Waals surface area contributed by atoms with Gasteiger partial charge in [-0.3, -0.25) is 0 Å². The molecule has 0 aliphatic carbocycles. The van der Waals surface area contributed by atoms with Crippen LogP contribution in [0, 0.1) is 0 Å². The number of rotatable bonds is 7. The van der Waals surface area contributed by atoms with Gasteiger partial charge in [0.15, 0.2) is 6.29 Å². The van der Waals surface area contributed by atoms with Crippen molar-refractivity contribution in [2.24, 2.45) is 0 Å². The Balaban J connectivity index is 0. The minimum Gasteiger partial charge on any atom is -0.396 e. The molecule has 0 saturated carbocycles. The lowest BCUT2D eigenvalue weighted by Gasteiger charge is -1.94. The van der Waals surface area contributed by atoms with E-state index in [4.69, 9.17) is 20.4 Å². The Morgan fingerprint density at radius 3 is 1.43 bits per heavy atom. The van der Waals surface area contributed by atoms with Crippen LogP contribution >= 0.6 is 0 Å². The van der Waals surface area contributed by atoms with Gasteiger partial charge in [0.2, 0.25) is 0 Å². The molecule has 0 heterocycles. The molecule has 0 aromatic rings. The zero-order valence-corrected chi connectivity index (χ0v) is 9.02. The molecule has 14 heavy (non-hydrogen) atoms. The van der Waals surface area contributed by atoms with E-state index in [1.54, 1.807) is 0 Å². The zero-order chi connectivity index (χ0) is 11.2. The SMILES string of the molecule is CCCC(O)O.OCCCCCCO. The van der Waals surface area contributed by atoms with Gasteiger partial charge < -0.3 is 20.4 Å². The first-order valence-corrected chi connectivity index (χ1v) is 5.26. The maximum atomic E-state index is 8.30. The predicted octanol–water partition coefficient (Wildman–Crippen LogP) is 0.629. The third-order valence-electron chi connectivity index (χ3n) is 1.61. The molecule has 0 rings (SSSR count). The smallest absolute Gasteiger partial charge is 0.151 e. The first kappa shape index (κ1) is 16.3. The van der Waals surface area contributed by atoms with Gasteiger partial charge in [0, 0.05) is 13.2 Å². The second kappa shape index (κ2) is 15.3. The molecule has 0 spiro atoms. The molecule has 4 heteroatoms. The average Bonchev–Trinajstić information content (AvgIpc) is 2.13. The molecule has 4 nitrogen and oxygen atoms in total. The van der Waals surface area contributed by atoms with Crippen molar-refractivity contribution in [3.05, 3.63) is 0 Å². The molecule has 0 aromatic heterocycles. The molecular weight excluding hydrogens is 184 g/mol. The van der Waals surface area contributed by atoms with Crippen LogP contribution in [0.25, 0.3) is 0 Å². The molecule has 0 saturated heterocycles. The van der Waals surface area contributed by atoms with E-state index in [-0.39, 0.29) is 13.2 Å². The van der Waals surface area contributed by atoms with Crippen LogP contribution < -0.4 is 0 Å². The molecule has 0 atom stereocenters. The fourth-order valence-electron chi connectivity index (χ4n) is 0.835. The van der Waals surface area contributed by atoms with Gasteiger partial charge in [0.1, 0.15) is 0 Å². The summed E-state index contributed by atoms with van der Waals surface area (Å²) in [5.74, 6) is 0. The molecule has 88 valence electrons. The van der Waals surface area contributed by atoms with E-state index in [2.05, 4.69) is 0 Å². The Morgan fingerprint density at radius 2 is 1.29 bits per heavy atom. The van der Waals surface area contributed by atoms with E-state index < -0.39 is 6.29 Å². The molecular formula is C10H24O4. The number of hydrogen-bond acceptors (Lipinski definition) is 4. The summed E-state index contributed by atoms with van der Waals surface area (Å²) in [4.78, 5) is 0. The Labute approximate surface area is 86.2 Å². The van der Waals surface area contributed by atoms with Crippen LogP contribution in [0.1, 0.15) is 45.4 Å². The summed E-state index contributed by atoms with van der Waals surface area (Å²) < 4.78 is 0. The van der Waals surface area contributed by atoms with E-state index in [1.807, 2.05) is 6.92 Å². The minimum atomic E-state index is -1.10. The van der Waals surface area contributed by atoms with Gasteiger partial charge in [-0.1, -0.05) is 26.2 Å². The van der Waals surface area contributed by atoms with Crippen LogP contribution in [0.15, 0.2) is 0 Å². The third kappa shape index (κ3) is 22.6. The standard InChI is InChI=1S/C6H14O2.C4H10O2/c7-5-3-1-2-4-6-8;1-2-3-4(5)6/h7-8H,1-6H2;4-6H,2-3H2,1H3. The molecule has 0 aliphatic heterocycles. The summed E-state index contributed by atoms with van der Waals surface area (Å²) in [6.07, 6.45) is 4.04. The molecule has 0 fully saturated rings. The lowest BCUT2D eigenvalue weighted by Crippen LogP contribution is -2.01. The van der Waals surface area contributed by atoms with E-state index in [1.165, 1.54) is 0 Å². The zero-order valence-electron chi connectivity index (χ0n) is 9.02. The molecule has 0 bridgehead atoms. The van der Waals surface area contributed by atoms with Gasteiger partial charge in [0.05, 0.1) is 0 Å². The van der Waals surface area contributed by atoms with Crippen molar-refractivity contribution in [1.82, 2.24) is 0 Å². The van der Waals surface area contributed by atoms with Crippen LogP contribution in [0.5, 0.6) is 0 Å². The largest absolute Gasteiger partial charge is 0.396 e. The highest BCUT2D eigenvalue weighted by molar-refractivity contribution is 4.39. The average molecular weight is 208 g/mol. The summed E-state index contributed by atoms with van der Waals surface area (Å²) >= 11 is 0. The second-order valence-corrected chi connectivity index (χ2v) is 3.13. The number of unbranched alkanes of at least 4 members (excludes halogenated alkanes) is 3. The Bertz CT molecular complexity index is 80.2. The quantitative estimate of drug-likeness (QED) is 0.365. The highest BCUT2D eigenvalue weighted by Gasteiger charge is 1.89. The molecule has 0 radical (unpaired) electrons. The lowest BCUT2D eigenvalue weighted by atomic mass is 10.2. The lowest BCUT2D eigenvalue weighted by molar-refractivity contribution is -0.0453. The maximum absolute atomic E-state index is 8.30. The summed E-state index contributed by atoms with van der Waals surface area (Å²) in [6.45, 7) is 2.47. The van der Waals surface area contributed by atoms with Crippen LogP contribution in [-0.2, 0) is 0 Å². The normalized spacial score (nSPS) is 9.86. The summed E-state index contributed by atoms with van der Waals surface area (Å²) in [7, 11) is 0. The van der Waals surface area contributed by atoms with Crippen molar-refractivity contribution < 1.29 is 20.4 Å². The molecule has 0 unspecified atom stereocenters.